The molecule has 1 aliphatic heterocycles. The Bertz CT molecular complexity index is 1170. The number of hydrogen-bond acceptors (Lipinski definition) is 4. The minimum Gasteiger partial charge on any atom is -0.463 e. The Labute approximate surface area is 180 Å². The monoisotopic (exact) mass is 413 g/mol. The number of quaternary nitrogens is 1. The number of carbonyl (C=O) groups excluding carboxylic acids is 1. The maximum absolute atomic E-state index is 13.3. The smallest absolute Gasteiger partial charge is 0.252 e. The van der Waals surface area contributed by atoms with Gasteiger partial charge >= 0.3 is 0 Å². The van der Waals surface area contributed by atoms with E-state index in [9.17, 15) is 4.79 Å². The Kier molecular flexibility index (Phi) is 5.46. The summed E-state index contributed by atoms with van der Waals surface area (Å²) >= 11 is 0. The van der Waals surface area contributed by atoms with Crippen molar-refractivity contribution in [3.63, 3.8) is 0 Å². The summed E-state index contributed by atoms with van der Waals surface area (Å²) in [6.45, 7) is 2.73. The SMILES string of the molecule is O=C(NC[C@H](c1ccco1)[NH+]1CCCC1)c1cc(-c2cccnc2)nc2ccccc12. The Hall–Kier alpha value is -3.51. The highest BCUT2D eigenvalue weighted by atomic mass is 16.3. The van der Waals surface area contributed by atoms with E-state index in [4.69, 9.17) is 9.40 Å². The number of hydrogen-bond donors (Lipinski definition) is 2. The molecule has 6 heteroatoms. The van der Waals surface area contributed by atoms with Gasteiger partial charge in [-0.15, -0.1) is 0 Å². The van der Waals surface area contributed by atoms with Gasteiger partial charge in [-0.2, -0.15) is 0 Å². The summed E-state index contributed by atoms with van der Waals surface area (Å²) in [5, 5.41) is 4.02. The molecule has 156 valence electrons. The lowest BCUT2D eigenvalue weighted by molar-refractivity contribution is -0.919. The van der Waals surface area contributed by atoms with Crippen molar-refractivity contribution in [2.24, 2.45) is 0 Å². The van der Waals surface area contributed by atoms with E-state index in [1.54, 1.807) is 18.7 Å². The minimum absolute atomic E-state index is 0.0982. The van der Waals surface area contributed by atoms with E-state index in [0.717, 1.165) is 41.0 Å². The maximum atomic E-state index is 13.3. The van der Waals surface area contributed by atoms with Crippen LogP contribution < -0.4 is 10.2 Å². The topological polar surface area (TPSA) is 72.5 Å². The zero-order chi connectivity index (χ0) is 21.0. The Morgan fingerprint density at radius 1 is 1.10 bits per heavy atom. The molecule has 6 nitrogen and oxygen atoms in total. The van der Waals surface area contributed by atoms with Gasteiger partial charge < -0.3 is 14.6 Å². The van der Waals surface area contributed by atoms with E-state index < -0.39 is 0 Å². The van der Waals surface area contributed by atoms with Crippen LogP contribution in [0.1, 0.15) is 35.0 Å². The Morgan fingerprint density at radius 2 is 1.97 bits per heavy atom. The summed E-state index contributed by atoms with van der Waals surface area (Å²) in [7, 11) is 0. The van der Waals surface area contributed by atoms with Crippen LogP contribution in [0.25, 0.3) is 22.2 Å². The van der Waals surface area contributed by atoms with Crippen LogP contribution in [0.15, 0.2) is 77.7 Å². The molecule has 1 aliphatic rings. The van der Waals surface area contributed by atoms with E-state index in [2.05, 4.69) is 10.3 Å². The molecule has 5 rings (SSSR count). The molecule has 4 heterocycles. The van der Waals surface area contributed by atoms with Gasteiger partial charge in [-0.1, -0.05) is 18.2 Å². The van der Waals surface area contributed by atoms with Crippen molar-refractivity contribution in [2.45, 2.75) is 18.9 Å². The van der Waals surface area contributed by atoms with E-state index in [0.29, 0.717) is 12.1 Å². The van der Waals surface area contributed by atoms with Crippen LogP contribution in [0.4, 0.5) is 0 Å². The molecule has 0 saturated carbocycles. The van der Waals surface area contributed by atoms with Crippen LogP contribution >= 0.6 is 0 Å². The van der Waals surface area contributed by atoms with Gasteiger partial charge in [-0.05, 0) is 36.4 Å². The van der Waals surface area contributed by atoms with Crippen molar-refractivity contribution in [2.75, 3.05) is 19.6 Å². The Morgan fingerprint density at radius 3 is 2.74 bits per heavy atom. The first kappa shape index (κ1) is 19.5. The molecule has 2 N–H and O–H groups in total. The van der Waals surface area contributed by atoms with Gasteiger partial charge in [-0.25, -0.2) is 4.98 Å². The highest BCUT2D eigenvalue weighted by Gasteiger charge is 2.30. The second-order valence-electron chi connectivity index (χ2n) is 7.96. The van der Waals surface area contributed by atoms with Crippen molar-refractivity contribution in [1.29, 1.82) is 0 Å². The molecule has 1 amide bonds. The van der Waals surface area contributed by atoms with Gasteiger partial charge in [-0.3, -0.25) is 9.78 Å². The molecule has 0 unspecified atom stereocenters. The summed E-state index contributed by atoms with van der Waals surface area (Å²) in [5.41, 5.74) is 3.04. The number of amides is 1. The fourth-order valence-corrected chi connectivity index (χ4v) is 4.43. The molecule has 0 radical (unpaired) electrons. The first-order valence-corrected chi connectivity index (χ1v) is 10.8. The minimum atomic E-state index is -0.0982. The van der Waals surface area contributed by atoms with E-state index >= 15 is 0 Å². The maximum Gasteiger partial charge on any atom is 0.252 e. The second kappa shape index (κ2) is 8.70. The van der Waals surface area contributed by atoms with Gasteiger partial charge in [0.05, 0.1) is 42.7 Å². The molecule has 1 aromatic carbocycles. The number of pyridine rings is 2. The summed E-state index contributed by atoms with van der Waals surface area (Å²) in [4.78, 5) is 23.7. The molecular formula is C25H25N4O2+. The average Bonchev–Trinajstić information content (AvgIpc) is 3.54. The van der Waals surface area contributed by atoms with Gasteiger partial charge in [0.25, 0.3) is 5.91 Å². The van der Waals surface area contributed by atoms with Gasteiger partial charge in [0.1, 0.15) is 0 Å². The van der Waals surface area contributed by atoms with Crippen molar-refractivity contribution in [3.05, 3.63) is 84.6 Å². The Balaban J connectivity index is 1.45. The molecule has 3 aromatic heterocycles. The summed E-state index contributed by atoms with van der Waals surface area (Å²) in [6.07, 6.45) is 7.63. The fraction of sp³-hybridized carbons (Fsp3) is 0.240. The quantitative estimate of drug-likeness (QED) is 0.510. The zero-order valence-corrected chi connectivity index (χ0v) is 17.3. The number of nitrogens with one attached hydrogen (secondary N) is 2. The highest BCUT2D eigenvalue weighted by molar-refractivity contribution is 6.07. The number of carbonyl (C=O) groups is 1. The van der Waals surface area contributed by atoms with Crippen LogP contribution in [0, 0.1) is 0 Å². The molecule has 1 saturated heterocycles. The van der Waals surface area contributed by atoms with E-state index in [1.165, 1.54) is 17.7 Å². The lowest BCUT2D eigenvalue weighted by Gasteiger charge is -2.23. The van der Waals surface area contributed by atoms with Crippen molar-refractivity contribution in [1.82, 2.24) is 15.3 Å². The molecule has 31 heavy (non-hydrogen) atoms. The second-order valence-corrected chi connectivity index (χ2v) is 7.96. The number of furan rings is 1. The molecule has 0 spiro atoms. The van der Waals surface area contributed by atoms with Crippen molar-refractivity contribution >= 4 is 16.8 Å². The third kappa shape index (κ3) is 4.07. The van der Waals surface area contributed by atoms with Crippen LogP contribution in [-0.4, -0.2) is 35.5 Å². The van der Waals surface area contributed by atoms with Crippen molar-refractivity contribution < 1.29 is 14.1 Å². The first-order chi connectivity index (χ1) is 15.3. The molecular weight excluding hydrogens is 388 g/mol. The molecule has 4 aromatic rings. The molecule has 0 bridgehead atoms. The van der Waals surface area contributed by atoms with Crippen LogP contribution in [-0.2, 0) is 0 Å². The lowest BCUT2D eigenvalue weighted by atomic mass is 10.0. The first-order valence-electron chi connectivity index (χ1n) is 10.8. The van der Waals surface area contributed by atoms with Gasteiger partial charge in [0.15, 0.2) is 11.8 Å². The standard InChI is InChI=1S/C25H24N4O2/c30-25(27-17-23(24-10-6-14-31-24)29-12-3-4-13-29)20-15-22(18-7-5-11-26-16-18)28-21-9-2-1-8-19(20)21/h1-2,5-11,14-16,23H,3-4,12-13,17H2,(H,27,30)/p+1/t23-/m1/s1. The predicted octanol–water partition coefficient (Wildman–Crippen LogP) is 3.04. The highest BCUT2D eigenvalue weighted by Crippen LogP contribution is 2.24. The lowest BCUT2D eigenvalue weighted by Crippen LogP contribution is -3.11. The third-order valence-electron chi connectivity index (χ3n) is 6.01. The summed E-state index contributed by atoms with van der Waals surface area (Å²) in [6, 6.07) is 17.5. The molecule has 1 atom stereocenters. The van der Waals surface area contributed by atoms with Crippen LogP contribution in [0.2, 0.25) is 0 Å². The number of aromatic nitrogens is 2. The van der Waals surface area contributed by atoms with Crippen LogP contribution in [0.3, 0.4) is 0 Å². The van der Waals surface area contributed by atoms with Crippen molar-refractivity contribution in [3.8, 4) is 11.3 Å². The average molecular weight is 414 g/mol. The number of nitrogens with zero attached hydrogens (tertiary/aromatic N) is 2. The largest absolute Gasteiger partial charge is 0.463 e. The van der Waals surface area contributed by atoms with Crippen LogP contribution in [0.5, 0.6) is 0 Å². The van der Waals surface area contributed by atoms with E-state index in [-0.39, 0.29) is 11.9 Å². The number of rotatable bonds is 6. The normalized spacial score (nSPS) is 15.2. The van der Waals surface area contributed by atoms with E-state index in [1.807, 2.05) is 54.6 Å². The predicted molar refractivity (Wildman–Crippen MR) is 119 cm³/mol. The van der Waals surface area contributed by atoms with Gasteiger partial charge in [0.2, 0.25) is 0 Å². The molecule has 0 aliphatic carbocycles. The molecule has 1 fully saturated rings. The number of benzene rings is 1. The summed E-state index contributed by atoms with van der Waals surface area (Å²) < 4.78 is 5.70. The fourth-order valence-electron chi connectivity index (χ4n) is 4.43. The third-order valence-corrected chi connectivity index (χ3v) is 6.01. The summed E-state index contributed by atoms with van der Waals surface area (Å²) in [5.74, 6) is 0.826. The zero-order valence-electron chi connectivity index (χ0n) is 17.3. The number of likely N-dealkylation sites (tertiary alicyclic amines) is 1. The number of fused-ring (bicyclic) bond motifs is 1. The number of para-hydroxylation sites is 1. The van der Waals surface area contributed by atoms with Gasteiger partial charge in [0, 0.05) is 36.2 Å².